The van der Waals surface area contributed by atoms with Crippen LogP contribution in [0.2, 0.25) is 0 Å². The molecule has 0 saturated carbocycles. The number of alkyl halides is 3. The Balaban J connectivity index is 2.92. The molecule has 0 aromatic carbocycles. The summed E-state index contributed by atoms with van der Waals surface area (Å²) in [5.41, 5.74) is 4.32. The highest BCUT2D eigenvalue weighted by Gasteiger charge is 2.32. The van der Waals surface area contributed by atoms with Crippen molar-refractivity contribution >= 4 is 0 Å². The summed E-state index contributed by atoms with van der Waals surface area (Å²) >= 11 is 0. The summed E-state index contributed by atoms with van der Waals surface area (Å²) in [5, 5.41) is 0. The Morgan fingerprint density at radius 3 is 2.53 bits per heavy atom. The zero-order chi connectivity index (χ0) is 14.6. The van der Waals surface area contributed by atoms with Gasteiger partial charge in [-0.1, -0.05) is 0 Å². The maximum absolute atomic E-state index is 12.4. The summed E-state index contributed by atoms with van der Waals surface area (Å²) in [6.07, 6.45) is -3.58. The quantitative estimate of drug-likeness (QED) is 0.638. The summed E-state index contributed by atoms with van der Waals surface area (Å²) in [5.74, 6) is 5.82. The molecule has 1 aromatic rings. The molecule has 0 spiro atoms. The minimum absolute atomic E-state index is 0.0957. The SMILES string of the molecule is COc1c(C)cnc(CC(CC(F)(F)F)NN)c1C. The van der Waals surface area contributed by atoms with Gasteiger partial charge < -0.3 is 4.74 Å². The number of methoxy groups -OCH3 is 1. The number of aromatic nitrogens is 1. The van der Waals surface area contributed by atoms with Crippen molar-refractivity contribution in [1.82, 2.24) is 10.4 Å². The molecule has 0 bridgehead atoms. The van der Waals surface area contributed by atoms with Gasteiger partial charge in [0.25, 0.3) is 0 Å². The van der Waals surface area contributed by atoms with Crippen molar-refractivity contribution in [2.24, 2.45) is 5.84 Å². The van der Waals surface area contributed by atoms with Crippen LogP contribution in [-0.2, 0) is 6.42 Å². The highest BCUT2D eigenvalue weighted by Crippen LogP contribution is 2.27. The second-order valence-electron chi connectivity index (χ2n) is 4.43. The van der Waals surface area contributed by atoms with Gasteiger partial charge in [0.1, 0.15) is 5.75 Å². The van der Waals surface area contributed by atoms with Gasteiger partial charge in [-0.3, -0.25) is 16.3 Å². The van der Waals surface area contributed by atoms with Crippen LogP contribution in [-0.4, -0.2) is 24.3 Å². The molecule has 1 heterocycles. The normalized spacial score (nSPS) is 13.4. The van der Waals surface area contributed by atoms with Gasteiger partial charge in [-0.05, 0) is 13.8 Å². The van der Waals surface area contributed by atoms with E-state index in [1.165, 1.54) is 7.11 Å². The topological polar surface area (TPSA) is 60.2 Å². The lowest BCUT2D eigenvalue weighted by atomic mass is 10.0. The lowest BCUT2D eigenvalue weighted by Crippen LogP contribution is -2.40. The molecule has 7 heteroatoms. The van der Waals surface area contributed by atoms with Crippen LogP contribution < -0.4 is 16.0 Å². The molecular formula is C12H18F3N3O. The number of nitrogens with two attached hydrogens (primary N) is 1. The Bertz CT molecular complexity index is 435. The van der Waals surface area contributed by atoms with Crippen molar-refractivity contribution in [1.29, 1.82) is 0 Å². The molecule has 1 aromatic heterocycles. The van der Waals surface area contributed by atoms with E-state index in [0.717, 1.165) is 11.1 Å². The lowest BCUT2D eigenvalue weighted by molar-refractivity contribution is -0.140. The van der Waals surface area contributed by atoms with Crippen molar-refractivity contribution in [3.63, 3.8) is 0 Å². The van der Waals surface area contributed by atoms with Crippen molar-refractivity contribution in [3.05, 3.63) is 23.0 Å². The molecule has 4 nitrogen and oxygen atoms in total. The van der Waals surface area contributed by atoms with Gasteiger partial charge in [0.15, 0.2) is 0 Å². The zero-order valence-corrected chi connectivity index (χ0v) is 11.1. The Morgan fingerprint density at radius 2 is 2.05 bits per heavy atom. The van der Waals surface area contributed by atoms with E-state index < -0.39 is 18.6 Å². The van der Waals surface area contributed by atoms with E-state index in [1.807, 2.05) is 6.92 Å². The molecule has 0 radical (unpaired) electrons. The number of hydrazine groups is 1. The summed E-state index contributed by atoms with van der Waals surface area (Å²) in [6, 6.07) is -0.904. The van der Waals surface area contributed by atoms with Crippen LogP contribution in [0.15, 0.2) is 6.20 Å². The van der Waals surface area contributed by atoms with E-state index in [-0.39, 0.29) is 6.42 Å². The standard InChI is InChI=1S/C12H18F3N3O/c1-7-6-17-10(8(2)11(7)19-3)4-9(18-16)5-12(13,14)15/h6,9,18H,4-5,16H2,1-3H3. The van der Waals surface area contributed by atoms with Gasteiger partial charge in [0, 0.05) is 35.5 Å². The molecule has 0 saturated heterocycles. The van der Waals surface area contributed by atoms with Gasteiger partial charge in [0.2, 0.25) is 0 Å². The molecule has 0 aliphatic heterocycles. The average molecular weight is 277 g/mol. The molecule has 1 unspecified atom stereocenters. The molecule has 19 heavy (non-hydrogen) atoms. The molecule has 108 valence electrons. The lowest BCUT2D eigenvalue weighted by Gasteiger charge is -2.19. The molecule has 0 fully saturated rings. The van der Waals surface area contributed by atoms with Crippen LogP contribution in [0.3, 0.4) is 0 Å². The number of halogens is 3. The Kier molecular flexibility index (Phi) is 5.13. The fraction of sp³-hybridized carbons (Fsp3) is 0.583. The average Bonchev–Trinajstić information content (AvgIpc) is 2.30. The number of rotatable bonds is 5. The van der Waals surface area contributed by atoms with Gasteiger partial charge in [-0.2, -0.15) is 13.2 Å². The Labute approximate surface area is 110 Å². The highest BCUT2D eigenvalue weighted by molar-refractivity contribution is 5.41. The van der Waals surface area contributed by atoms with Gasteiger partial charge in [-0.25, -0.2) is 0 Å². The van der Waals surface area contributed by atoms with Crippen LogP contribution in [0.5, 0.6) is 5.75 Å². The number of ether oxygens (including phenoxy) is 1. The summed E-state index contributed by atoms with van der Waals surface area (Å²) < 4.78 is 42.3. The van der Waals surface area contributed by atoms with E-state index in [9.17, 15) is 13.2 Å². The molecule has 0 aliphatic rings. The first kappa shape index (κ1) is 15.7. The molecule has 0 aliphatic carbocycles. The number of hydrogen-bond donors (Lipinski definition) is 2. The van der Waals surface area contributed by atoms with Crippen LogP contribution in [0.25, 0.3) is 0 Å². The summed E-state index contributed by atoms with van der Waals surface area (Å²) in [4.78, 5) is 4.16. The highest BCUT2D eigenvalue weighted by atomic mass is 19.4. The molecule has 3 N–H and O–H groups in total. The third-order valence-electron chi connectivity index (χ3n) is 2.90. The molecule has 0 amide bonds. The van der Waals surface area contributed by atoms with Crippen molar-refractivity contribution < 1.29 is 17.9 Å². The number of hydrogen-bond acceptors (Lipinski definition) is 4. The van der Waals surface area contributed by atoms with E-state index in [1.54, 1.807) is 13.1 Å². The van der Waals surface area contributed by atoms with Crippen molar-refractivity contribution in [3.8, 4) is 5.75 Å². The second-order valence-corrected chi connectivity index (χ2v) is 4.43. The van der Waals surface area contributed by atoms with E-state index in [2.05, 4.69) is 10.4 Å². The van der Waals surface area contributed by atoms with Crippen LogP contribution in [0, 0.1) is 13.8 Å². The number of nitrogens with one attached hydrogen (secondary N) is 1. The Morgan fingerprint density at radius 1 is 1.42 bits per heavy atom. The third kappa shape index (κ3) is 4.36. The fourth-order valence-electron chi connectivity index (χ4n) is 1.98. The first-order valence-electron chi connectivity index (χ1n) is 5.80. The van der Waals surface area contributed by atoms with Gasteiger partial charge in [-0.15, -0.1) is 0 Å². The predicted octanol–water partition coefficient (Wildman–Crippen LogP) is 2.03. The van der Waals surface area contributed by atoms with Crippen molar-refractivity contribution in [2.75, 3.05) is 7.11 Å². The second kappa shape index (κ2) is 6.21. The third-order valence-corrected chi connectivity index (χ3v) is 2.90. The van der Waals surface area contributed by atoms with Crippen LogP contribution in [0.4, 0.5) is 13.2 Å². The van der Waals surface area contributed by atoms with E-state index >= 15 is 0 Å². The smallest absolute Gasteiger partial charge is 0.390 e. The summed E-state index contributed by atoms with van der Waals surface area (Å²) in [6.45, 7) is 3.60. The largest absolute Gasteiger partial charge is 0.496 e. The summed E-state index contributed by atoms with van der Waals surface area (Å²) in [7, 11) is 1.52. The molecule has 1 atom stereocenters. The van der Waals surface area contributed by atoms with Gasteiger partial charge in [0.05, 0.1) is 13.5 Å². The number of nitrogens with zero attached hydrogens (tertiary/aromatic N) is 1. The maximum atomic E-state index is 12.4. The monoisotopic (exact) mass is 277 g/mol. The molecule has 1 rings (SSSR count). The minimum Gasteiger partial charge on any atom is -0.496 e. The first-order chi connectivity index (χ1) is 8.78. The maximum Gasteiger partial charge on any atom is 0.390 e. The van der Waals surface area contributed by atoms with Gasteiger partial charge >= 0.3 is 6.18 Å². The van der Waals surface area contributed by atoms with Crippen molar-refractivity contribution in [2.45, 2.75) is 38.9 Å². The van der Waals surface area contributed by atoms with Crippen LogP contribution in [0.1, 0.15) is 23.2 Å². The van der Waals surface area contributed by atoms with E-state index in [0.29, 0.717) is 11.4 Å². The Hall–Kier alpha value is -1.34. The molecular weight excluding hydrogens is 259 g/mol. The zero-order valence-electron chi connectivity index (χ0n) is 11.1. The van der Waals surface area contributed by atoms with Crippen LogP contribution >= 0.6 is 0 Å². The minimum atomic E-state index is -4.26. The first-order valence-corrected chi connectivity index (χ1v) is 5.80. The van der Waals surface area contributed by atoms with E-state index in [4.69, 9.17) is 10.6 Å². The predicted molar refractivity (Wildman–Crippen MR) is 65.8 cm³/mol. The number of pyridine rings is 1. The number of aryl methyl sites for hydroxylation is 1. The fourth-order valence-corrected chi connectivity index (χ4v) is 1.98.